The second-order valence-electron chi connectivity index (χ2n) is 6.92. The second kappa shape index (κ2) is 5.98. The normalized spacial score (nSPS) is 32.4. The molecule has 0 unspecified atom stereocenters. The molecule has 1 aromatic rings. The molecule has 2 aliphatic rings. The van der Waals surface area contributed by atoms with Crippen LogP contribution in [0.4, 0.5) is 0 Å². The van der Waals surface area contributed by atoms with Crippen molar-refractivity contribution >= 4 is 41.0 Å². The van der Waals surface area contributed by atoms with E-state index in [0.29, 0.717) is 11.7 Å². The largest absolute Gasteiger partial charge is 0.461 e. The molecule has 0 aliphatic heterocycles. The van der Waals surface area contributed by atoms with E-state index in [1.54, 1.807) is 0 Å². The summed E-state index contributed by atoms with van der Waals surface area (Å²) in [6.07, 6.45) is 5.49. The van der Waals surface area contributed by atoms with Gasteiger partial charge in [-0.1, -0.05) is 44.3 Å². The first kappa shape index (κ1) is 16.6. The third kappa shape index (κ3) is 2.69. The first-order chi connectivity index (χ1) is 10.4. The van der Waals surface area contributed by atoms with E-state index in [0.717, 1.165) is 15.9 Å². The van der Waals surface area contributed by atoms with Gasteiger partial charge >= 0.3 is 5.97 Å². The number of carbonyl (C=O) groups is 1. The highest BCUT2D eigenvalue weighted by atomic mass is 32.2. The molecule has 22 heavy (non-hydrogen) atoms. The molecule has 0 aromatic carbocycles. The topological polar surface area (TPSA) is 52.1 Å². The Morgan fingerprint density at radius 1 is 1.45 bits per heavy atom. The lowest BCUT2D eigenvalue weighted by molar-refractivity contribution is -0.153. The highest BCUT2D eigenvalue weighted by Crippen LogP contribution is 2.66. The molecule has 3 rings (SSSR count). The Morgan fingerprint density at radius 2 is 2.23 bits per heavy atom. The fraction of sp³-hybridized carbons (Fsp3) is 0.800. The molecule has 0 N–H and O–H groups in total. The van der Waals surface area contributed by atoms with Crippen LogP contribution in [0.3, 0.4) is 0 Å². The van der Waals surface area contributed by atoms with Crippen LogP contribution >= 0.6 is 35.1 Å². The summed E-state index contributed by atoms with van der Waals surface area (Å²) in [6.45, 7) is 6.96. The number of nitrogens with zero attached hydrogens (tertiary/aromatic N) is 2. The van der Waals surface area contributed by atoms with Crippen molar-refractivity contribution < 1.29 is 9.53 Å². The maximum Gasteiger partial charge on any atom is 0.316 e. The number of thioether (sulfide) groups is 2. The lowest BCUT2D eigenvalue weighted by atomic mass is 9.70. The molecule has 1 heterocycles. The Balaban J connectivity index is 1.55. The molecular formula is C15H22N2O2S3. The van der Waals surface area contributed by atoms with Crippen molar-refractivity contribution in [2.24, 2.45) is 16.7 Å². The van der Waals surface area contributed by atoms with Crippen LogP contribution in [0.15, 0.2) is 9.50 Å². The van der Waals surface area contributed by atoms with Crippen LogP contribution < -0.4 is 0 Å². The molecule has 2 aliphatic carbocycles. The van der Waals surface area contributed by atoms with E-state index in [9.17, 15) is 4.79 Å². The Kier molecular flexibility index (Phi) is 4.51. The van der Waals surface area contributed by atoms with Gasteiger partial charge < -0.3 is 4.74 Å². The van der Waals surface area contributed by atoms with Crippen LogP contribution in [-0.2, 0) is 9.53 Å². The Hall–Kier alpha value is -0.270. The minimum Gasteiger partial charge on any atom is -0.461 e. The standard InChI is InChI=1S/C15H22N2O2S3/c1-14(2)9-5-6-15(14,3)10(7-9)19-11(18)8-21-13-16-12(20-4)17-22-13/h9-10H,5-8H2,1-4H3/t9-,10-,15+/m1/s1. The lowest BCUT2D eigenvalue weighted by Crippen LogP contribution is -2.38. The first-order valence-electron chi connectivity index (χ1n) is 7.57. The van der Waals surface area contributed by atoms with E-state index in [2.05, 4.69) is 30.1 Å². The predicted octanol–water partition coefficient (Wildman–Crippen LogP) is 4.11. The smallest absolute Gasteiger partial charge is 0.316 e. The molecule has 2 saturated carbocycles. The second-order valence-corrected chi connectivity index (χ2v) is 9.67. The molecule has 0 saturated heterocycles. The average Bonchev–Trinajstić information content (AvgIpc) is 3.07. The van der Waals surface area contributed by atoms with E-state index in [1.165, 1.54) is 47.9 Å². The summed E-state index contributed by atoms with van der Waals surface area (Å²) in [5.41, 5.74) is 0.407. The van der Waals surface area contributed by atoms with E-state index < -0.39 is 0 Å². The van der Waals surface area contributed by atoms with Crippen LogP contribution in [0.5, 0.6) is 0 Å². The zero-order valence-electron chi connectivity index (χ0n) is 13.4. The zero-order chi connectivity index (χ0) is 16.0. The molecule has 2 bridgehead atoms. The summed E-state index contributed by atoms with van der Waals surface area (Å²) in [7, 11) is 0. The van der Waals surface area contributed by atoms with Gasteiger partial charge in [0.15, 0.2) is 4.34 Å². The number of carbonyl (C=O) groups excluding carboxylic acids is 1. The van der Waals surface area contributed by atoms with Gasteiger partial charge in [0.2, 0.25) is 5.16 Å². The van der Waals surface area contributed by atoms with Crippen LogP contribution in [0.1, 0.15) is 40.0 Å². The Labute approximate surface area is 144 Å². The van der Waals surface area contributed by atoms with E-state index in [1.807, 2.05) is 6.26 Å². The van der Waals surface area contributed by atoms with Crippen molar-refractivity contribution in [2.45, 2.75) is 55.6 Å². The minimum absolute atomic E-state index is 0.0746. The summed E-state index contributed by atoms with van der Waals surface area (Å²) in [6, 6.07) is 0. The molecule has 1 aromatic heterocycles. The number of esters is 1. The van der Waals surface area contributed by atoms with Gasteiger partial charge in [-0.25, -0.2) is 4.98 Å². The average molecular weight is 359 g/mol. The van der Waals surface area contributed by atoms with Crippen molar-refractivity contribution in [3.63, 3.8) is 0 Å². The Morgan fingerprint density at radius 3 is 2.77 bits per heavy atom. The lowest BCUT2D eigenvalue weighted by Gasteiger charge is -2.38. The van der Waals surface area contributed by atoms with Gasteiger partial charge in [0.25, 0.3) is 0 Å². The summed E-state index contributed by atoms with van der Waals surface area (Å²) in [5.74, 6) is 0.886. The zero-order valence-corrected chi connectivity index (χ0v) is 15.9. The third-order valence-corrected chi connectivity index (χ3v) is 8.34. The monoisotopic (exact) mass is 358 g/mol. The summed E-state index contributed by atoms with van der Waals surface area (Å²) >= 11 is 4.28. The number of hydrogen-bond donors (Lipinski definition) is 0. The SMILES string of the molecule is CSc1nsc(SCC(=O)O[C@@H]2C[C@H]3CC[C@]2(C)C3(C)C)n1. The fourth-order valence-corrected chi connectivity index (χ4v) is 5.95. The molecular weight excluding hydrogens is 336 g/mol. The first-order valence-corrected chi connectivity index (χ1v) is 10.5. The molecule has 0 spiro atoms. The van der Waals surface area contributed by atoms with Crippen LogP contribution in [0, 0.1) is 16.7 Å². The van der Waals surface area contributed by atoms with Crippen molar-refractivity contribution in [3.8, 4) is 0 Å². The number of fused-ring (bicyclic) bond motifs is 2. The van der Waals surface area contributed by atoms with Crippen LogP contribution in [0.25, 0.3) is 0 Å². The van der Waals surface area contributed by atoms with Gasteiger partial charge in [-0.05, 0) is 48.4 Å². The highest BCUT2D eigenvalue weighted by molar-refractivity contribution is 8.01. The molecule has 0 radical (unpaired) electrons. The van der Waals surface area contributed by atoms with E-state index >= 15 is 0 Å². The number of aromatic nitrogens is 2. The van der Waals surface area contributed by atoms with Gasteiger partial charge in [-0.15, -0.1) is 0 Å². The number of hydrogen-bond acceptors (Lipinski definition) is 7. The van der Waals surface area contributed by atoms with E-state index in [-0.39, 0.29) is 22.9 Å². The van der Waals surface area contributed by atoms with Crippen molar-refractivity contribution in [1.29, 1.82) is 0 Å². The third-order valence-electron chi connectivity index (χ3n) is 5.87. The van der Waals surface area contributed by atoms with Gasteiger partial charge in [-0.2, -0.15) is 4.37 Å². The molecule has 0 amide bonds. The van der Waals surface area contributed by atoms with Gasteiger partial charge in [-0.3, -0.25) is 4.79 Å². The Bertz CT molecular complexity index is 575. The number of rotatable bonds is 5. The van der Waals surface area contributed by atoms with Gasteiger partial charge in [0.05, 0.1) is 5.75 Å². The van der Waals surface area contributed by atoms with Gasteiger partial charge in [0.1, 0.15) is 6.10 Å². The molecule has 4 nitrogen and oxygen atoms in total. The molecule has 122 valence electrons. The van der Waals surface area contributed by atoms with Crippen molar-refractivity contribution in [2.75, 3.05) is 12.0 Å². The van der Waals surface area contributed by atoms with Crippen molar-refractivity contribution in [3.05, 3.63) is 0 Å². The molecule has 3 atom stereocenters. The highest BCUT2D eigenvalue weighted by Gasteiger charge is 2.62. The van der Waals surface area contributed by atoms with Crippen LogP contribution in [-0.4, -0.2) is 33.4 Å². The predicted molar refractivity (Wildman–Crippen MR) is 91.5 cm³/mol. The van der Waals surface area contributed by atoms with Gasteiger partial charge in [0, 0.05) is 5.41 Å². The summed E-state index contributed by atoms with van der Waals surface area (Å²) in [5, 5.41) is 0.767. The van der Waals surface area contributed by atoms with E-state index in [4.69, 9.17) is 4.74 Å². The maximum absolute atomic E-state index is 12.2. The van der Waals surface area contributed by atoms with Crippen LogP contribution in [0.2, 0.25) is 0 Å². The molecule has 2 fully saturated rings. The number of ether oxygens (including phenoxy) is 1. The summed E-state index contributed by atoms with van der Waals surface area (Å²) in [4.78, 5) is 16.5. The minimum atomic E-state index is -0.125. The quantitative estimate of drug-likeness (QED) is 0.583. The maximum atomic E-state index is 12.2. The fourth-order valence-electron chi connectivity index (χ4n) is 3.96. The summed E-state index contributed by atoms with van der Waals surface area (Å²) < 4.78 is 10.9. The van der Waals surface area contributed by atoms with Crippen molar-refractivity contribution in [1.82, 2.24) is 9.36 Å². The molecule has 7 heteroatoms.